The molecule has 0 aliphatic heterocycles. The van der Waals surface area contributed by atoms with Gasteiger partial charge in [0.2, 0.25) is 5.91 Å². The molecule has 2 N–H and O–H groups in total. The standard InChI is InChI=1S/C17H25NO3/c1-4-5-15(19)11-18-17(21)9-8-16(20)14-7-6-12(2)13(3)10-14/h6-7,10,15,19H,4-5,8-9,11H2,1-3H3,(H,18,21). The third kappa shape index (κ3) is 6.08. The number of aryl methyl sites for hydroxylation is 2. The smallest absolute Gasteiger partial charge is 0.220 e. The lowest BCUT2D eigenvalue weighted by Crippen LogP contribution is -2.32. The van der Waals surface area contributed by atoms with Crippen molar-refractivity contribution in [2.75, 3.05) is 6.54 Å². The van der Waals surface area contributed by atoms with Gasteiger partial charge in [-0.15, -0.1) is 0 Å². The van der Waals surface area contributed by atoms with E-state index in [0.717, 1.165) is 17.5 Å². The molecule has 0 saturated carbocycles. The maximum absolute atomic E-state index is 12.0. The van der Waals surface area contributed by atoms with Crippen LogP contribution in [0.2, 0.25) is 0 Å². The Morgan fingerprint density at radius 1 is 1.19 bits per heavy atom. The zero-order chi connectivity index (χ0) is 15.8. The van der Waals surface area contributed by atoms with Crippen LogP contribution in [0, 0.1) is 13.8 Å². The molecule has 0 saturated heterocycles. The third-order valence-electron chi connectivity index (χ3n) is 3.56. The Balaban J connectivity index is 2.38. The van der Waals surface area contributed by atoms with Crippen molar-refractivity contribution < 1.29 is 14.7 Å². The van der Waals surface area contributed by atoms with Crippen LogP contribution in [0.4, 0.5) is 0 Å². The summed E-state index contributed by atoms with van der Waals surface area (Å²) in [5, 5.41) is 12.2. The molecule has 4 heteroatoms. The van der Waals surface area contributed by atoms with Crippen LogP contribution in [0.25, 0.3) is 0 Å². The Bertz CT molecular complexity index is 497. The predicted octanol–water partition coefficient (Wildman–Crippen LogP) is 2.54. The van der Waals surface area contributed by atoms with Crippen LogP contribution in [0.1, 0.15) is 54.1 Å². The fourth-order valence-corrected chi connectivity index (χ4v) is 2.04. The van der Waals surface area contributed by atoms with E-state index in [4.69, 9.17) is 0 Å². The van der Waals surface area contributed by atoms with E-state index < -0.39 is 6.10 Å². The first-order valence-electron chi connectivity index (χ1n) is 7.49. The van der Waals surface area contributed by atoms with Gasteiger partial charge in [-0.1, -0.05) is 25.5 Å². The highest BCUT2D eigenvalue weighted by Gasteiger charge is 2.11. The molecule has 21 heavy (non-hydrogen) atoms. The van der Waals surface area contributed by atoms with Gasteiger partial charge in [-0.25, -0.2) is 0 Å². The highest BCUT2D eigenvalue weighted by Crippen LogP contribution is 2.12. The second-order valence-corrected chi connectivity index (χ2v) is 5.47. The minimum Gasteiger partial charge on any atom is -0.391 e. The minimum absolute atomic E-state index is 0.0256. The lowest BCUT2D eigenvalue weighted by Gasteiger charge is -2.10. The Kier molecular flexibility index (Phi) is 7.09. The van der Waals surface area contributed by atoms with Crippen LogP contribution in [-0.2, 0) is 4.79 Å². The van der Waals surface area contributed by atoms with Crippen molar-refractivity contribution in [3.63, 3.8) is 0 Å². The fraction of sp³-hybridized carbons (Fsp3) is 0.529. The monoisotopic (exact) mass is 291 g/mol. The van der Waals surface area contributed by atoms with E-state index in [1.54, 1.807) is 6.07 Å². The maximum atomic E-state index is 12.0. The summed E-state index contributed by atoms with van der Waals surface area (Å²) in [5.74, 6) is -0.218. The lowest BCUT2D eigenvalue weighted by molar-refractivity contribution is -0.121. The number of carbonyl (C=O) groups is 2. The fourth-order valence-electron chi connectivity index (χ4n) is 2.04. The Hall–Kier alpha value is -1.68. The molecule has 0 bridgehead atoms. The highest BCUT2D eigenvalue weighted by atomic mass is 16.3. The number of nitrogens with one attached hydrogen (secondary N) is 1. The molecule has 1 aromatic rings. The third-order valence-corrected chi connectivity index (χ3v) is 3.56. The summed E-state index contributed by atoms with van der Waals surface area (Å²) in [6, 6.07) is 5.58. The first kappa shape index (κ1) is 17.4. The quantitative estimate of drug-likeness (QED) is 0.723. The summed E-state index contributed by atoms with van der Waals surface area (Å²) in [6.45, 7) is 6.20. The van der Waals surface area contributed by atoms with Gasteiger partial charge >= 0.3 is 0 Å². The number of carbonyl (C=O) groups excluding carboxylic acids is 2. The molecule has 0 spiro atoms. The van der Waals surface area contributed by atoms with Gasteiger partial charge in [0.05, 0.1) is 6.10 Å². The second-order valence-electron chi connectivity index (χ2n) is 5.47. The predicted molar refractivity (Wildman–Crippen MR) is 83.4 cm³/mol. The van der Waals surface area contributed by atoms with Gasteiger partial charge in [0.15, 0.2) is 5.78 Å². The van der Waals surface area contributed by atoms with Crippen LogP contribution in [0.3, 0.4) is 0 Å². The van der Waals surface area contributed by atoms with Gasteiger partial charge < -0.3 is 10.4 Å². The molecular formula is C17H25NO3. The summed E-state index contributed by atoms with van der Waals surface area (Å²) in [4.78, 5) is 23.7. The highest BCUT2D eigenvalue weighted by molar-refractivity contribution is 5.98. The topological polar surface area (TPSA) is 66.4 Å². The molecule has 0 aliphatic rings. The molecule has 1 amide bonds. The van der Waals surface area contributed by atoms with Crippen LogP contribution in [0.15, 0.2) is 18.2 Å². The number of aliphatic hydroxyl groups excluding tert-OH is 1. The summed E-state index contributed by atoms with van der Waals surface area (Å²) in [5.41, 5.74) is 2.87. The normalized spacial score (nSPS) is 12.0. The molecule has 116 valence electrons. The van der Waals surface area contributed by atoms with Gasteiger partial charge in [0.1, 0.15) is 0 Å². The molecule has 1 aromatic carbocycles. The zero-order valence-corrected chi connectivity index (χ0v) is 13.1. The molecule has 0 heterocycles. The van der Waals surface area contributed by atoms with Gasteiger partial charge in [-0.05, 0) is 37.5 Å². The first-order chi connectivity index (χ1) is 9.93. The zero-order valence-electron chi connectivity index (χ0n) is 13.1. The van der Waals surface area contributed by atoms with E-state index in [-0.39, 0.29) is 31.1 Å². The van der Waals surface area contributed by atoms with Crippen molar-refractivity contribution in [2.24, 2.45) is 0 Å². The van der Waals surface area contributed by atoms with E-state index in [1.807, 2.05) is 32.9 Å². The van der Waals surface area contributed by atoms with Crippen LogP contribution < -0.4 is 5.32 Å². The van der Waals surface area contributed by atoms with E-state index in [2.05, 4.69) is 5.32 Å². The van der Waals surface area contributed by atoms with Gasteiger partial charge in [-0.2, -0.15) is 0 Å². The molecule has 0 fully saturated rings. The van der Waals surface area contributed by atoms with E-state index in [9.17, 15) is 14.7 Å². The second kappa shape index (κ2) is 8.57. The van der Waals surface area contributed by atoms with Crippen molar-refractivity contribution in [3.05, 3.63) is 34.9 Å². The first-order valence-corrected chi connectivity index (χ1v) is 7.49. The number of ketones is 1. The Morgan fingerprint density at radius 3 is 2.52 bits per heavy atom. The van der Waals surface area contributed by atoms with Gasteiger partial charge in [-0.3, -0.25) is 9.59 Å². The van der Waals surface area contributed by atoms with Crippen molar-refractivity contribution in [2.45, 2.75) is 52.6 Å². The van der Waals surface area contributed by atoms with E-state index in [0.29, 0.717) is 12.0 Å². The molecule has 1 rings (SSSR count). The molecule has 0 radical (unpaired) electrons. The average Bonchev–Trinajstić information content (AvgIpc) is 2.45. The summed E-state index contributed by atoms with van der Waals surface area (Å²) >= 11 is 0. The average molecular weight is 291 g/mol. The molecular weight excluding hydrogens is 266 g/mol. The number of hydrogen-bond acceptors (Lipinski definition) is 3. The lowest BCUT2D eigenvalue weighted by atomic mass is 10.0. The molecule has 1 atom stereocenters. The van der Waals surface area contributed by atoms with Crippen molar-refractivity contribution >= 4 is 11.7 Å². The SMILES string of the molecule is CCCC(O)CNC(=O)CCC(=O)c1ccc(C)c(C)c1. The number of hydrogen-bond donors (Lipinski definition) is 2. The molecule has 0 aliphatic carbocycles. The maximum Gasteiger partial charge on any atom is 0.220 e. The van der Waals surface area contributed by atoms with Crippen molar-refractivity contribution in [1.29, 1.82) is 0 Å². The number of benzene rings is 1. The Labute approximate surface area is 126 Å². The van der Waals surface area contributed by atoms with Gasteiger partial charge in [0.25, 0.3) is 0 Å². The van der Waals surface area contributed by atoms with Crippen LogP contribution in [0.5, 0.6) is 0 Å². The largest absolute Gasteiger partial charge is 0.391 e. The van der Waals surface area contributed by atoms with E-state index in [1.165, 1.54) is 0 Å². The molecule has 0 aromatic heterocycles. The summed E-state index contributed by atoms with van der Waals surface area (Å²) < 4.78 is 0. The molecule has 1 unspecified atom stereocenters. The summed E-state index contributed by atoms with van der Waals surface area (Å²) in [6.07, 6.45) is 1.39. The number of aliphatic hydroxyl groups is 1. The Morgan fingerprint density at radius 2 is 1.90 bits per heavy atom. The number of amides is 1. The van der Waals surface area contributed by atoms with Crippen molar-refractivity contribution in [3.8, 4) is 0 Å². The van der Waals surface area contributed by atoms with Crippen LogP contribution >= 0.6 is 0 Å². The molecule has 4 nitrogen and oxygen atoms in total. The van der Waals surface area contributed by atoms with Crippen molar-refractivity contribution in [1.82, 2.24) is 5.32 Å². The number of Topliss-reactive ketones (excluding diaryl/α,β-unsaturated/α-hetero) is 1. The minimum atomic E-state index is -0.505. The number of rotatable bonds is 8. The summed E-state index contributed by atoms with van der Waals surface area (Å²) in [7, 11) is 0. The van der Waals surface area contributed by atoms with Gasteiger partial charge in [0, 0.05) is 24.9 Å². The van der Waals surface area contributed by atoms with Crippen LogP contribution in [-0.4, -0.2) is 29.4 Å². The van der Waals surface area contributed by atoms with E-state index >= 15 is 0 Å².